The Bertz CT molecular complexity index is 495. The van der Waals surface area contributed by atoms with Gasteiger partial charge >= 0.3 is 0 Å². The molecule has 7 nitrogen and oxygen atoms in total. The van der Waals surface area contributed by atoms with Crippen molar-refractivity contribution >= 4 is 23.2 Å². The largest absolute Gasteiger partial charge is 0.382 e. The van der Waals surface area contributed by atoms with E-state index in [1.165, 1.54) is 12.1 Å². The number of ether oxygens (including phenoxy) is 2. The van der Waals surface area contributed by atoms with Gasteiger partial charge < -0.3 is 14.8 Å². The van der Waals surface area contributed by atoms with Crippen molar-refractivity contribution in [1.29, 1.82) is 0 Å². The van der Waals surface area contributed by atoms with E-state index in [1.807, 2.05) is 0 Å². The summed E-state index contributed by atoms with van der Waals surface area (Å²) in [7, 11) is 1.59. The molecule has 1 amide bonds. The zero-order valence-electron chi connectivity index (χ0n) is 11.6. The fraction of sp³-hybridized carbons (Fsp3) is 0.462. The Morgan fingerprint density at radius 1 is 1.38 bits per heavy atom. The quantitative estimate of drug-likeness (QED) is 0.427. The Kier molecular flexibility index (Phi) is 7.66. The van der Waals surface area contributed by atoms with Crippen LogP contribution in [0.25, 0.3) is 0 Å². The summed E-state index contributed by atoms with van der Waals surface area (Å²) in [4.78, 5) is 22.0. The van der Waals surface area contributed by atoms with Crippen LogP contribution < -0.4 is 5.32 Å². The molecule has 0 atom stereocenters. The van der Waals surface area contributed by atoms with Gasteiger partial charge in [-0.05, 0) is 12.5 Å². The first-order valence-corrected chi connectivity index (χ1v) is 6.73. The number of nitrogens with zero attached hydrogens (tertiary/aromatic N) is 1. The van der Waals surface area contributed by atoms with Gasteiger partial charge in [-0.25, -0.2) is 0 Å². The molecule has 1 aromatic carbocycles. The smallest absolute Gasteiger partial charge is 0.270 e. The number of methoxy groups -OCH3 is 1. The van der Waals surface area contributed by atoms with Crippen molar-refractivity contribution in [3.8, 4) is 0 Å². The number of nitrogens with one attached hydrogen (secondary N) is 1. The maximum Gasteiger partial charge on any atom is 0.270 e. The normalized spacial score (nSPS) is 10.4. The molecule has 0 bridgehead atoms. The molecule has 0 aliphatic heterocycles. The van der Waals surface area contributed by atoms with Crippen molar-refractivity contribution in [2.45, 2.75) is 6.42 Å². The van der Waals surface area contributed by atoms with Crippen molar-refractivity contribution in [3.05, 3.63) is 38.9 Å². The van der Waals surface area contributed by atoms with E-state index in [9.17, 15) is 14.9 Å². The van der Waals surface area contributed by atoms with E-state index in [0.717, 1.165) is 6.07 Å². The Balaban J connectivity index is 2.41. The summed E-state index contributed by atoms with van der Waals surface area (Å²) in [5, 5.41) is 13.5. The lowest BCUT2D eigenvalue weighted by atomic mass is 10.2. The first-order chi connectivity index (χ1) is 10.1. The third-order valence-corrected chi connectivity index (χ3v) is 2.92. The lowest BCUT2D eigenvalue weighted by molar-refractivity contribution is -0.384. The number of rotatable bonds is 9. The molecule has 0 saturated heterocycles. The minimum atomic E-state index is -0.573. The molecule has 1 rings (SSSR count). The van der Waals surface area contributed by atoms with Gasteiger partial charge in [-0.3, -0.25) is 14.9 Å². The predicted octanol–water partition coefficient (Wildman–Crippen LogP) is 2.03. The maximum atomic E-state index is 11.9. The topological polar surface area (TPSA) is 90.7 Å². The first kappa shape index (κ1) is 17.4. The third kappa shape index (κ3) is 6.07. The van der Waals surface area contributed by atoms with Gasteiger partial charge in [-0.1, -0.05) is 11.6 Å². The van der Waals surface area contributed by atoms with Crippen LogP contribution in [0, 0.1) is 10.1 Å². The van der Waals surface area contributed by atoms with Crippen LogP contribution in [0.5, 0.6) is 0 Å². The third-order valence-electron chi connectivity index (χ3n) is 2.59. The molecule has 0 unspecified atom stereocenters. The number of halogens is 1. The number of carbonyl (C=O) groups excluding carboxylic acids is 1. The van der Waals surface area contributed by atoms with Gasteiger partial charge in [0.2, 0.25) is 0 Å². The molecule has 8 heteroatoms. The zero-order chi connectivity index (χ0) is 15.7. The summed E-state index contributed by atoms with van der Waals surface area (Å²) in [6.45, 7) is 1.91. The lowest BCUT2D eigenvalue weighted by Gasteiger charge is -2.07. The van der Waals surface area contributed by atoms with E-state index < -0.39 is 10.8 Å². The van der Waals surface area contributed by atoms with E-state index in [0.29, 0.717) is 32.8 Å². The minimum Gasteiger partial charge on any atom is -0.382 e. The van der Waals surface area contributed by atoms with Gasteiger partial charge in [0.15, 0.2) is 0 Å². The summed E-state index contributed by atoms with van der Waals surface area (Å²) < 4.78 is 10.1. The zero-order valence-corrected chi connectivity index (χ0v) is 12.4. The highest BCUT2D eigenvalue weighted by molar-refractivity contribution is 6.33. The summed E-state index contributed by atoms with van der Waals surface area (Å²) in [6.07, 6.45) is 0.627. The minimum absolute atomic E-state index is 0.0890. The molecule has 0 heterocycles. The molecule has 0 fully saturated rings. The van der Waals surface area contributed by atoms with Crippen LogP contribution in [-0.2, 0) is 9.47 Å². The van der Waals surface area contributed by atoms with Crippen LogP contribution >= 0.6 is 11.6 Å². The standard InChI is InChI=1S/C13H17ClN2O5/c1-20-7-8-21-6-2-5-15-13(17)11-9-10(16(18)19)3-4-12(11)14/h3-4,9H,2,5-8H2,1H3,(H,15,17). The number of hydrogen-bond donors (Lipinski definition) is 1. The molecule has 1 N–H and O–H groups in total. The van der Waals surface area contributed by atoms with Crippen LogP contribution in [0.4, 0.5) is 5.69 Å². The molecule has 0 saturated carbocycles. The molecule has 0 radical (unpaired) electrons. The van der Waals surface area contributed by atoms with Gasteiger partial charge in [0, 0.05) is 32.4 Å². The van der Waals surface area contributed by atoms with Crippen LogP contribution in [0.3, 0.4) is 0 Å². The predicted molar refractivity (Wildman–Crippen MR) is 77.8 cm³/mol. The van der Waals surface area contributed by atoms with Crippen molar-refractivity contribution < 1.29 is 19.2 Å². The van der Waals surface area contributed by atoms with E-state index in [2.05, 4.69) is 5.32 Å². The van der Waals surface area contributed by atoms with Gasteiger partial charge in [-0.2, -0.15) is 0 Å². The molecule has 116 valence electrons. The fourth-order valence-corrected chi connectivity index (χ4v) is 1.72. The second-order valence-corrected chi connectivity index (χ2v) is 4.54. The summed E-state index contributed by atoms with van der Waals surface area (Å²) in [5.74, 6) is -0.444. The average Bonchev–Trinajstić information content (AvgIpc) is 2.46. The Morgan fingerprint density at radius 2 is 2.14 bits per heavy atom. The summed E-state index contributed by atoms with van der Waals surface area (Å²) in [5.41, 5.74) is -0.0846. The van der Waals surface area contributed by atoms with Gasteiger partial charge in [0.25, 0.3) is 11.6 Å². The van der Waals surface area contributed by atoms with Crippen molar-refractivity contribution in [3.63, 3.8) is 0 Å². The lowest BCUT2D eigenvalue weighted by Crippen LogP contribution is -2.25. The van der Waals surface area contributed by atoms with E-state index in [1.54, 1.807) is 7.11 Å². The van der Waals surface area contributed by atoms with E-state index in [4.69, 9.17) is 21.1 Å². The highest BCUT2D eigenvalue weighted by Gasteiger charge is 2.15. The number of hydrogen-bond acceptors (Lipinski definition) is 5. The number of benzene rings is 1. The number of amides is 1. The molecule has 0 spiro atoms. The fourth-order valence-electron chi connectivity index (χ4n) is 1.52. The number of non-ortho nitro benzene ring substituents is 1. The second kappa shape index (κ2) is 9.28. The number of nitro groups is 1. The summed E-state index contributed by atoms with van der Waals surface area (Å²) in [6, 6.07) is 3.75. The molecule has 1 aromatic rings. The van der Waals surface area contributed by atoms with Gasteiger partial charge in [-0.15, -0.1) is 0 Å². The van der Waals surface area contributed by atoms with E-state index >= 15 is 0 Å². The second-order valence-electron chi connectivity index (χ2n) is 4.14. The molecule has 0 aliphatic carbocycles. The Hall–Kier alpha value is -1.70. The Labute approximate surface area is 127 Å². The molecule has 0 aliphatic rings. The van der Waals surface area contributed by atoms with Crippen LogP contribution in [-0.4, -0.2) is 44.3 Å². The Morgan fingerprint density at radius 3 is 2.81 bits per heavy atom. The summed E-state index contributed by atoms with van der Waals surface area (Å²) >= 11 is 5.87. The van der Waals surface area contributed by atoms with Crippen molar-refractivity contribution in [1.82, 2.24) is 5.32 Å². The highest BCUT2D eigenvalue weighted by Crippen LogP contribution is 2.21. The first-order valence-electron chi connectivity index (χ1n) is 6.35. The molecular weight excluding hydrogens is 300 g/mol. The van der Waals surface area contributed by atoms with E-state index in [-0.39, 0.29) is 16.3 Å². The van der Waals surface area contributed by atoms with Crippen molar-refractivity contribution in [2.24, 2.45) is 0 Å². The number of carbonyl (C=O) groups is 1. The van der Waals surface area contributed by atoms with Crippen LogP contribution in [0.2, 0.25) is 5.02 Å². The van der Waals surface area contributed by atoms with Crippen LogP contribution in [0.15, 0.2) is 18.2 Å². The van der Waals surface area contributed by atoms with Crippen LogP contribution in [0.1, 0.15) is 16.8 Å². The van der Waals surface area contributed by atoms with Gasteiger partial charge in [0.1, 0.15) is 0 Å². The van der Waals surface area contributed by atoms with Gasteiger partial charge in [0.05, 0.1) is 28.7 Å². The average molecular weight is 317 g/mol. The van der Waals surface area contributed by atoms with Crippen molar-refractivity contribution in [2.75, 3.05) is 33.5 Å². The molecule has 0 aromatic heterocycles. The monoisotopic (exact) mass is 316 g/mol. The highest BCUT2D eigenvalue weighted by atomic mass is 35.5. The molecule has 21 heavy (non-hydrogen) atoms. The maximum absolute atomic E-state index is 11.9. The molecular formula is C13H17ClN2O5. The number of nitro benzene ring substituents is 1. The SMILES string of the molecule is COCCOCCCNC(=O)c1cc([N+](=O)[O-])ccc1Cl.